The summed E-state index contributed by atoms with van der Waals surface area (Å²) >= 11 is 0. The van der Waals surface area contributed by atoms with Crippen molar-refractivity contribution in [1.82, 2.24) is 20.9 Å². The highest BCUT2D eigenvalue weighted by molar-refractivity contribution is 5.81. The highest BCUT2D eigenvalue weighted by atomic mass is 16.5. The summed E-state index contributed by atoms with van der Waals surface area (Å²) in [6.07, 6.45) is 7.01. The minimum atomic E-state index is -0.596. The fourth-order valence-corrected chi connectivity index (χ4v) is 7.12. The SMILES string of the molecule is CC1NCOC1COC1CCC2C[C@@H]([C@H](O)CNC(=O)C3CCC(C(=O)N4CCOCC4)CC3)NCC2C1. The Hall–Kier alpha value is -1.30. The smallest absolute Gasteiger partial charge is 0.225 e. The van der Waals surface area contributed by atoms with E-state index in [1.54, 1.807) is 0 Å². The number of hydrogen-bond acceptors (Lipinski definition) is 8. The van der Waals surface area contributed by atoms with Gasteiger partial charge in [-0.2, -0.15) is 0 Å². The Balaban J connectivity index is 0.979. The van der Waals surface area contributed by atoms with Crippen LogP contribution in [0.15, 0.2) is 0 Å². The number of hydrogen-bond donors (Lipinski definition) is 4. The van der Waals surface area contributed by atoms with Gasteiger partial charge in [-0.05, 0) is 76.7 Å². The van der Waals surface area contributed by atoms with E-state index in [0.29, 0.717) is 57.5 Å². The van der Waals surface area contributed by atoms with Gasteiger partial charge in [-0.1, -0.05) is 0 Å². The third-order valence-corrected chi connectivity index (χ3v) is 9.77. The number of morpholine rings is 1. The highest BCUT2D eigenvalue weighted by Gasteiger charge is 2.39. The Morgan fingerprint density at radius 1 is 1.03 bits per heavy atom. The van der Waals surface area contributed by atoms with Gasteiger partial charge in [-0.3, -0.25) is 14.9 Å². The van der Waals surface area contributed by atoms with Crippen LogP contribution in [0.1, 0.15) is 58.3 Å². The zero-order chi connectivity index (χ0) is 26.5. The highest BCUT2D eigenvalue weighted by Crippen LogP contribution is 2.37. The number of carbonyl (C=O) groups excluding carboxylic acids is 2. The molecule has 0 aromatic carbocycles. The Kier molecular flexibility index (Phi) is 9.94. The third kappa shape index (κ3) is 7.06. The zero-order valence-corrected chi connectivity index (χ0v) is 22.9. The van der Waals surface area contributed by atoms with Crippen LogP contribution in [0.3, 0.4) is 0 Å². The first kappa shape index (κ1) is 28.2. The molecule has 2 amide bonds. The van der Waals surface area contributed by atoms with E-state index < -0.39 is 6.10 Å². The van der Waals surface area contributed by atoms with Crippen molar-refractivity contribution in [3.8, 4) is 0 Å². The number of rotatable bonds is 8. The normalized spacial score (nSPS) is 38.8. The van der Waals surface area contributed by atoms with E-state index in [1.165, 1.54) is 0 Å². The molecule has 2 saturated carbocycles. The molecule has 3 heterocycles. The maximum Gasteiger partial charge on any atom is 0.225 e. The molecule has 5 unspecified atom stereocenters. The van der Waals surface area contributed by atoms with Gasteiger partial charge in [0.05, 0.1) is 44.9 Å². The average Bonchev–Trinajstić information content (AvgIpc) is 3.38. The monoisotopic (exact) mass is 536 g/mol. The Labute approximate surface area is 226 Å². The fourth-order valence-electron chi connectivity index (χ4n) is 7.12. The topological polar surface area (TPSA) is 121 Å². The fraction of sp³-hybridized carbons (Fsp3) is 0.929. The number of fused-ring (bicyclic) bond motifs is 1. The molecule has 38 heavy (non-hydrogen) atoms. The summed E-state index contributed by atoms with van der Waals surface area (Å²) in [5.41, 5.74) is 0. The number of aliphatic hydroxyl groups is 1. The van der Waals surface area contributed by atoms with Crippen LogP contribution in [0.4, 0.5) is 0 Å². The van der Waals surface area contributed by atoms with Crippen LogP contribution in [0.25, 0.3) is 0 Å². The summed E-state index contributed by atoms with van der Waals surface area (Å²) in [6, 6.07) is 0.347. The molecule has 2 aliphatic carbocycles. The first-order valence-electron chi connectivity index (χ1n) is 15.0. The summed E-state index contributed by atoms with van der Waals surface area (Å²) in [5.74, 6) is 1.36. The van der Waals surface area contributed by atoms with Gasteiger partial charge in [0.1, 0.15) is 0 Å². The molecule has 4 N–H and O–H groups in total. The Morgan fingerprint density at radius 2 is 1.79 bits per heavy atom. The molecule has 5 rings (SSSR count). The van der Waals surface area contributed by atoms with Crippen molar-refractivity contribution in [1.29, 1.82) is 0 Å². The van der Waals surface area contributed by atoms with Crippen LogP contribution < -0.4 is 16.0 Å². The summed E-state index contributed by atoms with van der Waals surface area (Å²) in [6.45, 7) is 7.14. The van der Waals surface area contributed by atoms with Crippen molar-refractivity contribution in [2.45, 2.75) is 88.7 Å². The van der Waals surface area contributed by atoms with Crippen molar-refractivity contribution in [3.63, 3.8) is 0 Å². The van der Waals surface area contributed by atoms with Gasteiger partial charge in [0.2, 0.25) is 11.8 Å². The van der Waals surface area contributed by atoms with E-state index in [2.05, 4.69) is 22.9 Å². The predicted molar refractivity (Wildman–Crippen MR) is 141 cm³/mol. The van der Waals surface area contributed by atoms with Crippen LogP contribution in [0, 0.1) is 23.7 Å². The van der Waals surface area contributed by atoms with E-state index in [4.69, 9.17) is 14.2 Å². The molecule has 3 aliphatic heterocycles. The lowest BCUT2D eigenvalue weighted by Crippen LogP contribution is -2.54. The lowest BCUT2D eigenvalue weighted by atomic mass is 9.72. The van der Waals surface area contributed by atoms with Crippen molar-refractivity contribution < 1.29 is 28.9 Å². The number of nitrogens with zero attached hydrogens (tertiary/aromatic N) is 1. The first-order valence-corrected chi connectivity index (χ1v) is 15.0. The largest absolute Gasteiger partial charge is 0.390 e. The van der Waals surface area contributed by atoms with Crippen molar-refractivity contribution in [3.05, 3.63) is 0 Å². The molecular weight excluding hydrogens is 488 g/mol. The summed E-state index contributed by atoms with van der Waals surface area (Å²) in [4.78, 5) is 27.5. The van der Waals surface area contributed by atoms with Gasteiger partial charge in [0.25, 0.3) is 0 Å². The maximum absolute atomic E-state index is 12.8. The second kappa shape index (κ2) is 13.4. The molecule has 3 saturated heterocycles. The summed E-state index contributed by atoms with van der Waals surface area (Å²) in [5, 5.41) is 20.7. The number of amides is 2. The quantitative estimate of drug-likeness (QED) is 0.357. The predicted octanol–water partition coefficient (Wildman–Crippen LogP) is 0.627. The van der Waals surface area contributed by atoms with Gasteiger partial charge in [-0.25, -0.2) is 0 Å². The van der Waals surface area contributed by atoms with E-state index >= 15 is 0 Å². The third-order valence-electron chi connectivity index (χ3n) is 9.77. The van der Waals surface area contributed by atoms with Gasteiger partial charge in [0, 0.05) is 43.6 Å². The molecule has 7 atom stereocenters. The molecule has 5 aliphatic rings. The number of aliphatic hydroxyl groups excluding tert-OH is 1. The van der Waals surface area contributed by atoms with Crippen molar-refractivity contribution in [2.75, 3.05) is 52.7 Å². The lowest BCUT2D eigenvalue weighted by molar-refractivity contribution is -0.142. The number of piperidine rings is 1. The molecule has 10 nitrogen and oxygen atoms in total. The second-order valence-corrected chi connectivity index (χ2v) is 12.2. The van der Waals surface area contributed by atoms with E-state index in [0.717, 1.165) is 57.9 Å². The molecule has 0 aromatic heterocycles. The second-order valence-electron chi connectivity index (χ2n) is 12.2. The summed E-state index contributed by atoms with van der Waals surface area (Å²) in [7, 11) is 0. The standard InChI is InChI=1S/C28H48N4O6/c1-18-26(38-17-31-18)16-37-23-7-6-21-13-24(29-14-22(21)12-23)25(33)15-30-27(34)19-2-4-20(5-3-19)28(35)32-8-10-36-11-9-32/h18-26,29,31,33H,2-17H2,1H3,(H,30,34)/t18?,19?,20?,21?,22?,23?,24-,25+,26?/m0/s1. The van der Waals surface area contributed by atoms with Crippen LogP contribution >= 0.6 is 0 Å². The van der Waals surface area contributed by atoms with E-state index in [-0.39, 0.29) is 48.4 Å². The number of nitrogens with one attached hydrogen (secondary N) is 3. The number of carbonyl (C=O) groups is 2. The van der Waals surface area contributed by atoms with Crippen LogP contribution in [-0.2, 0) is 23.8 Å². The van der Waals surface area contributed by atoms with Gasteiger partial charge < -0.3 is 34.9 Å². The van der Waals surface area contributed by atoms with Crippen molar-refractivity contribution >= 4 is 11.8 Å². The van der Waals surface area contributed by atoms with Crippen LogP contribution in [-0.4, -0.2) is 105 Å². The lowest BCUT2D eigenvalue weighted by Gasteiger charge is -2.43. The first-order chi connectivity index (χ1) is 18.5. The van der Waals surface area contributed by atoms with E-state index in [9.17, 15) is 14.7 Å². The van der Waals surface area contributed by atoms with E-state index in [1.807, 2.05) is 4.90 Å². The number of ether oxygens (including phenoxy) is 3. The molecule has 10 heteroatoms. The molecule has 0 spiro atoms. The molecule has 5 fully saturated rings. The van der Waals surface area contributed by atoms with Gasteiger partial charge in [0.15, 0.2) is 0 Å². The Bertz CT molecular complexity index is 787. The van der Waals surface area contributed by atoms with Gasteiger partial charge >= 0.3 is 0 Å². The summed E-state index contributed by atoms with van der Waals surface area (Å²) < 4.78 is 17.3. The van der Waals surface area contributed by atoms with Crippen molar-refractivity contribution in [2.24, 2.45) is 23.7 Å². The average molecular weight is 537 g/mol. The van der Waals surface area contributed by atoms with Crippen LogP contribution in [0.5, 0.6) is 0 Å². The molecule has 0 aromatic rings. The molecule has 216 valence electrons. The zero-order valence-electron chi connectivity index (χ0n) is 22.9. The minimum absolute atomic E-state index is 0.00899. The molecule has 0 bridgehead atoms. The van der Waals surface area contributed by atoms with Gasteiger partial charge in [-0.15, -0.1) is 0 Å². The minimum Gasteiger partial charge on any atom is -0.390 e. The Morgan fingerprint density at radius 3 is 2.53 bits per heavy atom. The van der Waals surface area contributed by atoms with Crippen LogP contribution in [0.2, 0.25) is 0 Å². The molecular formula is C28H48N4O6. The molecule has 0 radical (unpaired) electrons. The maximum atomic E-state index is 12.8.